The maximum absolute atomic E-state index is 13.3. The van der Waals surface area contributed by atoms with Crippen LogP contribution in [0, 0.1) is 17.1 Å². The maximum Gasteiger partial charge on any atom is 0.246 e. The minimum absolute atomic E-state index is 0.0251. The number of halogens is 2. The number of hydrogen-bond acceptors (Lipinski definition) is 2. The van der Waals surface area contributed by atoms with Crippen molar-refractivity contribution in [1.82, 2.24) is 0 Å². The summed E-state index contributed by atoms with van der Waals surface area (Å²) in [5, 5.41) is 11.6. The van der Waals surface area contributed by atoms with Crippen LogP contribution >= 0.6 is 11.6 Å². The molecule has 1 atom stereocenters. The number of anilines is 1. The van der Waals surface area contributed by atoms with Gasteiger partial charge < -0.3 is 5.32 Å². The molecular formula is C15H10ClFN2O. The van der Waals surface area contributed by atoms with Crippen molar-refractivity contribution in [3.63, 3.8) is 0 Å². The van der Waals surface area contributed by atoms with Crippen LogP contribution in [0.3, 0.4) is 0 Å². The molecule has 1 unspecified atom stereocenters. The first-order valence-corrected chi connectivity index (χ1v) is 6.20. The fourth-order valence-electron chi connectivity index (χ4n) is 1.72. The van der Waals surface area contributed by atoms with Gasteiger partial charge >= 0.3 is 0 Å². The molecule has 0 heterocycles. The van der Waals surface area contributed by atoms with Gasteiger partial charge in [-0.25, -0.2) is 4.39 Å². The minimum atomic E-state index is -0.949. The molecule has 2 rings (SSSR count). The normalized spacial score (nSPS) is 11.4. The van der Waals surface area contributed by atoms with Crippen molar-refractivity contribution in [2.24, 2.45) is 0 Å². The van der Waals surface area contributed by atoms with E-state index >= 15 is 0 Å². The quantitative estimate of drug-likeness (QED) is 0.935. The number of nitrogens with one attached hydrogen (secondary N) is 1. The molecule has 0 bridgehead atoms. The summed E-state index contributed by atoms with van der Waals surface area (Å²) in [6.45, 7) is 0. The minimum Gasteiger partial charge on any atom is -0.325 e. The van der Waals surface area contributed by atoms with E-state index in [1.165, 1.54) is 12.1 Å². The molecule has 1 N–H and O–H groups in total. The van der Waals surface area contributed by atoms with Crippen LogP contribution in [0.1, 0.15) is 11.5 Å². The van der Waals surface area contributed by atoms with Gasteiger partial charge in [0.05, 0.1) is 11.1 Å². The highest BCUT2D eigenvalue weighted by molar-refractivity contribution is 6.30. The number of nitrogens with zero attached hydrogens (tertiary/aromatic N) is 1. The molecule has 0 spiro atoms. The van der Waals surface area contributed by atoms with Crippen molar-refractivity contribution in [2.75, 3.05) is 5.32 Å². The van der Waals surface area contributed by atoms with Gasteiger partial charge in [0.15, 0.2) is 5.92 Å². The second-order valence-electron chi connectivity index (χ2n) is 4.09. The van der Waals surface area contributed by atoms with E-state index in [1.54, 1.807) is 30.3 Å². The summed E-state index contributed by atoms with van der Waals surface area (Å²) in [6, 6.07) is 14.5. The zero-order chi connectivity index (χ0) is 14.5. The van der Waals surface area contributed by atoms with Gasteiger partial charge in [-0.15, -0.1) is 0 Å². The molecule has 1 amide bonds. The van der Waals surface area contributed by atoms with Crippen LogP contribution in [0.4, 0.5) is 10.1 Å². The van der Waals surface area contributed by atoms with Crippen LogP contribution in [-0.4, -0.2) is 5.91 Å². The van der Waals surface area contributed by atoms with E-state index in [9.17, 15) is 9.18 Å². The number of rotatable bonds is 3. The summed E-state index contributed by atoms with van der Waals surface area (Å²) in [5.41, 5.74) is 0.843. The number of carbonyl (C=O) groups is 1. The Bertz CT molecular complexity index is 667. The lowest BCUT2D eigenvalue weighted by molar-refractivity contribution is -0.116. The number of nitriles is 1. The fourth-order valence-corrected chi connectivity index (χ4v) is 1.84. The summed E-state index contributed by atoms with van der Waals surface area (Å²) in [6.07, 6.45) is 0. The highest BCUT2D eigenvalue weighted by Crippen LogP contribution is 2.21. The van der Waals surface area contributed by atoms with Gasteiger partial charge in [-0.2, -0.15) is 5.26 Å². The van der Waals surface area contributed by atoms with E-state index in [1.807, 2.05) is 6.07 Å². The van der Waals surface area contributed by atoms with Crippen LogP contribution in [0.15, 0.2) is 48.5 Å². The van der Waals surface area contributed by atoms with Crippen molar-refractivity contribution >= 4 is 23.2 Å². The van der Waals surface area contributed by atoms with Crippen molar-refractivity contribution in [1.29, 1.82) is 5.26 Å². The van der Waals surface area contributed by atoms with Crippen LogP contribution in [-0.2, 0) is 4.79 Å². The average molecular weight is 289 g/mol. The molecule has 0 fully saturated rings. The van der Waals surface area contributed by atoms with Crippen LogP contribution in [0.25, 0.3) is 0 Å². The van der Waals surface area contributed by atoms with E-state index in [-0.39, 0.29) is 10.7 Å². The summed E-state index contributed by atoms with van der Waals surface area (Å²) in [7, 11) is 0. The van der Waals surface area contributed by atoms with Gasteiger partial charge in [-0.1, -0.05) is 41.9 Å². The second-order valence-corrected chi connectivity index (χ2v) is 4.50. The average Bonchev–Trinajstić information content (AvgIpc) is 2.45. The second kappa shape index (κ2) is 6.18. The van der Waals surface area contributed by atoms with Crippen molar-refractivity contribution < 1.29 is 9.18 Å². The zero-order valence-corrected chi connectivity index (χ0v) is 11.1. The van der Waals surface area contributed by atoms with Crippen LogP contribution < -0.4 is 5.32 Å². The Hall–Kier alpha value is -2.38. The molecule has 0 aromatic heterocycles. The molecule has 3 nitrogen and oxygen atoms in total. The van der Waals surface area contributed by atoms with Crippen molar-refractivity contribution in [3.8, 4) is 6.07 Å². The zero-order valence-electron chi connectivity index (χ0n) is 10.3. The topological polar surface area (TPSA) is 52.9 Å². The van der Waals surface area contributed by atoms with E-state index in [4.69, 9.17) is 16.9 Å². The van der Waals surface area contributed by atoms with Gasteiger partial charge in [0.2, 0.25) is 5.91 Å². The fraction of sp³-hybridized carbons (Fsp3) is 0.0667. The van der Waals surface area contributed by atoms with Crippen molar-refractivity contribution in [3.05, 3.63) is 64.9 Å². The Morgan fingerprint density at radius 2 is 1.95 bits per heavy atom. The Labute approximate surface area is 120 Å². The predicted molar refractivity (Wildman–Crippen MR) is 74.8 cm³/mol. The molecule has 5 heteroatoms. The third kappa shape index (κ3) is 3.14. The van der Waals surface area contributed by atoms with Crippen LogP contribution in [0.2, 0.25) is 5.02 Å². The molecule has 20 heavy (non-hydrogen) atoms. The maximum atomic E-state index is 13.3. The highest BCUT2D eigenvalue weighted by Gasteiger charge is 2.20. The van der Waals surface area contributed by atoms with Gasteiger partial charge in [-0.3, -0.25) is 4.79 Å². The predicted octanol–water partition coefficient (Wildman–Crippen LogP) is 3.72. The van der Waals surface area contributed by atoms with E-state index < -0.39 is 17.6 Å². The lowest BCUT2D eigenvalue weighted by Crippen LogP contribution is -2.20. The summed E-state index contributed by atoms with van der Waals surface area (Å²) >= 11 is 5.56. The lowest BCUT2D eigenvalue weighted by Gasteiger charge is -2.10. The molecule has 0 aliphatic carbocycles. The van der Waals surface area contributed by atoms with E-state index in [0.717, 1.165) is 6.07 Å². The van der Waals surface area contributed by atoms with Crippen LogP contribution in [0.5, 0.6) is 0 Å². The Balaban J connectivity index is 2.18. The standard InChI is InChI=1S/C15H10ClFN2O/c16-13-7-6-11(8-14(13)17)19-15(20)12(9-18)10-4-2-1-3-5-10/h1-8,12H,(H,19,20). The van der Waals surface area contributed by atoms with Gasteiger partial charge in [0, 0.05) is 5.69 Å². The molecule has 0 saturated carbocycles. The monoisotopic (exact) mass is 288 g/mol. The number of carbonyl (C=O) groups excluding carboxylic acids is 1. The van der Waals surface area contributed by atoms with Crippen molar-refractivity contribution in [2.45, 2.75) is 5.92 Å². The highest BCUT2D eigenvalue weighted by atomic mass is 35.5. The van der Waals surface area contributed by atoms with Gasteiger partial charge in [-0.05, 0) is 23.8 Å². The molecule has 0 saturated heterocycles. The first-order valence-electron chi connectivity index (χ1n) is 5.82. The summed E-state index contributed by atoms with van der Waals surface area (Å²) in [4.78, 5) is 12.1. The number of amides is 1. The third-order valence-corrected chi connectivity index (χ3v) is 3.02. The summed E-state index contributed by atoms with van der Waals surface area (Å²) < 4.78 is 13.3. The van der Waals surface area contributed by atoms with Gasteiger partial charge in [0.25, 0.3) is 0 Å². The first kappa shape index (κ1) is 14.0. The summed E-state index contributed by atoms with van der Waals surface area (Å²) in [5.74, 6) is -2.09. The Morgan fingerprint density at radius 1 is 1.25 bits per heavy atom. The largest absolute Gasteiger partial charge is 0.325 e. The van der Waals surface area contributed by atoms with E-state index in [0.29, 0.717) is 5.56 Å². The first-order chi connectivity index (χ1) is 9.61. The Morgan fingerprint density at radius 3 is 2.55 bits per heavy atom. The number of benzene rings is 2. The molecule has 2 aromatic rings. The molecule has 0 aliphatic heterocycles. The van der Waals surface area contributed by atoms with E-state index in [2.05, 4.69) is 5.32 Å². The SMILES string of the molecule is N#CC(C(=O)Nc1ccc(Cl)c(F)c1)c1ccccc1. The smallest absolute Gasteiger partial charge is 0.246 e. The molecular weight excluding hydrogens is 279 g/mol. The molecule has 100 valence electrons. The molecule has 0 aliphatic rings. The molecule has 0 radical (unpaired) electrons. The lowest BCUT2D eigenvalue weighted by atomic mass is 10.00. The van der Waals surface area contributed by atoms with Gasteiger partial charge in [0.1, 0.15) is 5.82 Å². The third-order valence-electron chi connectivity index (χ3n) is 2.71. The molecule has 2 aromatic carbocycles. The Kier molecular flexibility index (Phi) is 4.34. The number of hydrogen-bond donors (Lipinski definition) is 1.